The van der Waals surface area contributed by atoms with Crippen molar-refractivity contribution >= 4 is 47.0 Å². The van der Waals surface area contributed by atoms with Crippen LogP contribution in [0.3, 0.4) is 0 Å². The van der Waals surface area contributed by atoms with Gasteiger partial charge in [0.2, 0.25) is 11.8 Å². The average molecular weight is 704 g/mol. The molecule has 2 aromatic carbocycles. The molecule has 0 spiro atoms. The van der Waals surface area contributed by atoms with E-state index >= 15 is 0 Å². The molecule has 49 heavy (non-hydrogen) atoms. The topological polar surface area (TPSA) is 203 Å². The van der Waals surface area contributed by atoms with Gasteiger partial charge in [0.15, 0.2) is 0 Å². The number of hydrogen-bond donors (Lipinski definition) is 1. The van der Waals surface area contributed by atoms with Crippen LogP contribution in [0.25, 0.3) is 0 Å². The number of ether oxygens (including phenoxy) is 2. The second kappa shape index (κ2) is 14.2. The van der Waals surface area contributed by atoms with E-state index in [0.717, 1.165) is 16.7 Å². The number of nitrogens with zero attached hydrogens (tertiary/aromatic N) is 5. The number of aliphatic hydroxyl groups excluding tert-OH is 1. The summed E-state index contributed by atoms with van der Waals surface area (Å²) in [5.74, 6) is -4.36. The molecule has 3 aliphatic rings. The van der Waals surface area contributed by atoms with Crippen molar-refractivity contribution in [3.8, 4) is 0 Å². The molecule has 0 bridgehead atoms. The molecule has 0 unspecified atom stereocenters. The standard InChI is InChI=1S/C32H35N5O11S/c1-17-26-25(18(2)38)30(40)35(26)27(31(41)47-15-19-5-9-21(10-6-19)36(43)44)28(17)49-23-13-24(29(39)33(3)4)34(14-23)32(42)48-16-20-7-11-22(12-8-20)37(45)46/h5-12,17-18,23-26,38H,13-16H2,1-4H3/t17-,18-,23+,24+,25-,26-/m1/s1/i3D3,4D3. The SMILES string of the molecule is [2H]C([2H])([2H])N(C(=O)[C@@H]1C[C@H](SC2=C(C(=O)OCc3ccc([N+](=O)[O-])cc3)N3C(=O)[C@H]([C@@H](C)O)[C@H]3[C@H]2C)CN1C(=O)OCc1ccc([N+](=O)[O-])cc1)C([2H])([2H])[2H]. The van der Waals surface area contributed by atoms with Crippen molar-refractivity contribution in [1.82, 2.24) is 14.7 Å². The molecule has 3 heterocycles. The summed E-state index contributed by atoms with van der Waals surface area (Å²) in [5.41, 5.74) is 0.187. The second-order valence-corrected chi connectivity index (χ2v) is 13.1. The Morgan fingerprint density at radius 1 is 1.02 bits per heavy atom. The predicted molar refractivity (Wildman–Crippen MR) is 173 cm³/mol. The number of nitro benzene ring substituents is 2. The van der Waals surface area contributed by atoms with Crippen LogP contribution in [0.5, 0.6) is 0 Å². The summed E-state index contributed by atoms with van der Waals surface area (Å²) in [6.45, 7) is -4.79. The maximum atomic E-state index is 13.8. The molecule has 3 amide bonds. The van der Waals surface area contributed by atoms with Crippen LogP contribution in [-0.4, -0.2) is 97.5 Å². The number of esters is 1. The number of likely N-dealkylation sites (tertiary alicyclic amines) is 1. The number of thioether (sulfide) groups is 1. The molecule has 2 saturated heterocycles. The highest BCUT2D eigenvalue weighted by Crippen LogP contribution is 2.52. The number of β-lactam (4-membered cyclic amide) rings is 1. The van der Waals surface area contributed by atoms with Gasteiger partial charge in [0.1, 0.15) is 25.0 Å². The van der Waals surface area contributed by atoms with Crippen molar-refractivity contribution < 1.29 is 51.8 Å². The molecule has 3 aliphatic heterocycles. The molecule has 0 saturated carbocycles. The van der Waals surface area contributed by atoms with Crippen molar-refractivity contribution in [2.75, 3.05) is 20.5 Å². The van der Waals surface area contributed by atoms with E-state index in [0.29, 0.717) is 16.0 Å². The number of nitro groups is 2. The lowest BCUT2D eigenvalue weighted by atomic mass is 9.79. The van der Waals surface area contributed by atoms with Gasteiger partial charge in [0.25, 0.3) is 11.4 Å². The lowest BCUT2D eigenvalue weighted by Gasteiger charge is -2.46. The Kier molecular flexibility index (Phi) is 8.09. The lowest BCUT2D eigenvalue weighted by molar-refractivity contribution is -0.385. The number of carbonyl (C=O) groups is 4. The molecule has 260 valence electrons. The van der Waals surface area contributed by atoms with Crippen LogP contribution >= 0.6 is 11.8 Å². The van der Waals surface area contributed by atoms with Crippen molar-refractivity contribution in [2.24, 2.45) is 11.8 Å². The zero-order valence-corrected chi connectivity index (χ0v) is 26.9. The van der Waals surface area contributed by atoms with Crippen LogP contribution in [0.2, 0.25) is 0 Å². The van der Waals surface area contributed by atoms with Gasteiger partial charge in [0, 0.05) is 69.1 Å². The van der Waals surface area contributed by atoms with Crippen LogP contribution in [-0.2, 0) is 37.1 Å². The predicted octanol–water partition coefficient (Wildman–Crippen LogP) is 3.22. The minimum absolute atomic E-state index is 0.153. The van der Waals surface area contributed by atoms with Crippen molar-refractivity contribution in [2.45, 2.75) is 56.9 Å². The van der Waals surface area contributed by atoms with E-state index in [1.165, 1.54) is 60.4 Å². The third-order valence-electron chi connectivity index (χ3n) is 8.62. The van der Waals surface area contributed by atoms with Gasteiger partial charge in [-0.25, -0.2) is 9.59 Å². The number of amides is 3. The first kappa shape index (κ1) is 27.9. The number of fused-ring (bicyclic) bond motifs is 1. The highest BCUT2D eigenvalue weighted by atomic mass is 32.2. The Bertz CT molecular complexity index is 1900. The third-order valence-corrected chi connectivity index (χ3v) is 10.1. The largest absolute Gasteiger partial charge is 0.456 e. The number of non-ortho nitro benzene ring substituents is 2. The van der Waals surface area contributed by atoms with Gasteiger partial charge in [-0.2, -0.15) is 0 Å². The van der Waals surface area contributed by atoms with E-state index in [9.17, 15) is 44.5 Å². The van der Waals surface area contributed by atoms with E-state index < -0.39 is 89.6 Å². The molecule has 16 nitrogen and oxygen atoms in total. The van der Waals surface area contributed by atoms with Gasteiger partial charge >= 0.3 is 12.1 Å². The minimum atomic E-state index is -3.44. The molecule has 1 N–H and O–H groups in total. The maximum Gasteiger partial charge on any atom is 0.410 e. The first-order chi connectivity index (χ1) is 25.6. The summed E-state index contributed by atoms with van der Waals surface area (Å²) >= 11 is 1.00. The molecule has 2 aromatic rings. The number of benzene rings is 2. The second-order valence-electron chi connectivity index (χ2n) is 11.8. The first-order valence-corrected chi connectivity index (χ1v) is 15.8. The molecule has 2 fully saturated rings. The quantitative estimate of drug-likeness (QED) is 0.155. The van der Waals surface area contributed by atoms with E-state index in [4.69, 9.17) is 17.7 Å². The Labute approximate surface area is 293 Å². The molecule has 6 atom stereocenters. The summed E-state index contributed by atoms with van der Waals surface area (Å²) in [4.78, 5) is 77.3. The van der Waals surface area contributed by atoms with Gasteiger partial charge in [-0.15, -0.1) is 11.8 Å². The fourth-order valence-corrected chi connectivity index (χ4v) is 7.71. The smallest absolute Gasteiger partial charge is 0.410 e. The van der Waals surface area contributed by atoms with Gasteiger partial charge in [-0.05, 0) is 48.7 Å². The number of aliphatic hydroxyl groups is 1. The van der Waals surface area contributed by atoms with Gasteiger partial charge in [-0.1, -0.05) is 6.92 Å². The van der Waals surface area contributed by atoms with Crippen LogP contribution in [0.1, 0.15) is 39.6 Å². The van der Waals surface area contributed by atoms with Crippen LogP contribution in [0, 0.1) is 32.1 Å². The molecule has 0 aromatic heterocycles. The molecule has 0 radical (unpaired) electrons. The van der Waals surface area contributed by atoms with Crippen LogP contribution in [0.4, 0.5) is 16.2 Å². The Hall–Kier alpha value is -5.03. The van der Waals surface area contributed by atoms with E-state index in [2.05, 4.69) is 0 Å². The highest BCUT2D eigenvalue weighted by Gasteiger charge is 2.60. The lowest BCUT2D eigenvalue weighted by Crippen LogP contribution is -2.63. The summed E-state index contributed by atoms with van der Waals surface area (Å²) in [5, 5.41) is 31.7. The van der Waals surface area contributed by atoms with Crippen LogP contribution in [0.15, 0.2) is 59.1 Å². The molecular weight excluding hydrogens is 662 g/mol. The average Bonchev–Trinajstić information content (AvgIpc) is 3.62. The zero-order valence-electron chi connectivity index (χ0n) is 32.1. The fourth-order valence-electron chi connectivity index (χ4n) is 6.19. The zero-order chi connectivity index (χ0) is 40.7. The number of carbonyl (C=O) groups excluding carboxylic acids is 4. The van der Waals surface area contributed by atoms with Gasteiger partial charge in [-0.3, -0.25) is 34.7 Å². The first-order valence-electron chi connectivity index (χ1n) is 17.9. The van der Waals surface area contributed by atoms with Crippen molar-refractivity contribution in [1.29, 1.82) is 0 Å². The number of hydrogen-bond acceptors (Lipinski definition) is 12. The van der Waals surface area contributed by atoms with Crippen LogP contribution < -0.4 is 0 Å². The van der Waals surface area contributed by atoms with Crippen molar-refractivity contribution in [3.63, 3.8) is 0 Å². The fraction of sp³-hybridized carbons (Fsp3) is 0.438. The molecule has 5 rings (SSSR count). The number of likely N-dealkylation sites (N-methyl/N-ethyl adjacent to an activating group) is 1. The highest BCUT2D eigenvalue weighted by molar-refractivity contribution is 8.03. The monoisotopic (exact) mass is 703 g/mol. The summed E-state index contributed by atoms with van der Waals surface area (Å²) in [6.07, 6.45) is -2.52. The van der Waals surface area contributed by atoms with E-state index in [1.54, 1.807) is 6.92 Å². The summed E-state index contributed by atoms with van der Waals surface area (Å²) in [6, 6.07) is 7.94. The summed E-state index contributed by atoms with van der Waals surface area (Å²) in [7, 11) is 0. The molecular formula is C32H35N5O11S. The minimum Gasteiger partial charge on any atom is -0.456 e. The molecule has 17 heteroatoms. The van der Waals surface area contributed by atoms with Gasteiger partial charge in [0.05, 0.1) is 27.9 Å². The molecule has 0 aliphatic carbocycles. The number of rotatable bonds is 11. The van der Waals surface area contributed by atoms with E-state index in [-0.39, 0.29) is 41.5 Å². The normalized spacial score (nSPS) is 25.8. The summed E-state index contributed by atoms with van der Waals surface area (Å²) < 4.78 is 57.6. The Morgan fingerprint density at radius 2 is 1.57 bits per heavy atom. The maximum absolute atomic E-state index is 13.8. The Balaban J connectivity index is 1.44. The van der Waals surface area contributed by atoms with Gasteiger partial charge < -0.3 is 24.4 Å². The van der Waals surface area contributed by atoms with E-state index in [1.807, 2.05) is 0 Å². The third kappa shape index (κ3) is 7.07. The Morgan fingerprint density at radius 3 is 2.08 bits per heavy atom. The van der Waals surface area contributed by atoms with Crippen molar-refractivity contribution in [3.05, 3.63) is 90.5 Å².